The van der Waals surface area contributed by atoms with Crippen molar-refractivity contribution in [2.75, 3.05) is 26.4 Å². The van der Waals surface area contributed by atoms with E-state index >= 15 is 0 Å². The third kappa shape index (κ3) is 4.06. The van der Waals surface area contributed by atoms with Crippen LogP contribution >= 0.6 is 0 Å². The molecular weight excluding hydrogens is 270 g/mol. The minimum Gasteiger partial charge on any atom is -0.451 e. The number of aliphatic hydroxyl groups is 1. The minimum absolute atomic E-state index is 0.115. The first-order chi connectivity index (χ1) is 10.1. The smallest absolute Gasteiger partial charge is 0.287 e. The molecule has 5 heteroatoms. The Bertz CT molecular complexity index is 579. The highest BCUT2D eigenvalue weighted by atomic mass is 16.5. The zero-order valence-electron chi connectivity index (χ0n) is 12.4. The molecular formula is C16H21NO4. The lowest BCUT2D eigenvalue weighted by molar-refractivity contribution is 0.0875. The average Bonchev–Trinajstić information content (AvgIpc) is 2.86. The van der Waals surface area contributed by atoms with Crippen molar-refractivity contribution in [2.24, 2.45) is 0 Å². The van der Waals surface area contributed by atoms with E-state index in [1.807, 2.05) is 26.0 Å². The normalized spacial score (nSPS) is 11.0. The van der Waals surface area contributed by atoms with Crippen molar-refractivity contribution in [1.29, 1.82) is 0 Å². The second-order valence-corrected chi connectivity index (χ2v) is 5.03. The summed E-state index contributed by atoms with van der Waals surface area (Å²) in [5, 5.41) is 12.3. The number of carbonyl (C=O) groups is 1. The van der Waals surface area contributed by atoms with E-state index < -0.39 is 0 Å². The molecule has 1 amide bonds. The highest BCUT2D eigenvalue weighted by Crippen LogP contribution is 2.23. The molecule has 0 atom stereocenters. The Morgan fingerprint density at radius 2 is 2.00 bits per heavy atom. The molecule has 5 nitrogen and oxygen atoms in total. The fourth-order valence-electron chi connectivity index (χ4n) is 2.01. The molecule has 0 aliphatic heterocycles. The SMILES string of the molecule is Cc1cc2cc(C(=O)NCCOCCCO)oc2cc1C. The van der Waals surface area contributed by atoms with E-state index in [-0.39, 0.29) is 12.5 Å². The van der Waals surface area contributed by atoms with Crippen LogP contribution in [0.4, 0.5) is 0 Å². The number of rotatable bonds is 7. The summed E-state index contributed by atoms with van der Waals surface area (Å²) >= 11 is 0. The molecule has 0 fully saturated rings. The molecule has 0 spiro atoms. The van der Waals surface area contributed by atoms with Gasteiger partial charge in [0.2, 0.25) is 0 Å². The number of hydrogen-bond donors (Lipinski definition) is 2. The van der Waals surface area contributed by atoms with E-state index in [1.165, 1.54) is 5.56 Å². The van der Waals surface area contributed by atoms with Crippen molar-refractivity contribution in [3.05, 3.63) is 35.1 Å². The molecule has 2 aromatic rings. The van der Waals surface area contributed by atoms with Gasteiger partial charge in [0.25, 0.3) is 5.91 Å². The lowest BCUT2D eigenvalue weighted by atomic mass is 10.1. The summed E-state index contributed by atoms with van der Waals surface area (Å²) in [5.41, 5.74) is 3.04. The van der Waals surface area contributed by atoms with E-state index in [4.69, 9.17) is 14.3 Å². The van der Waals surface area contributed by atoms with Crippen LogP contribution in [0.2, 0.25) is 0 Å². The summed E-state index contributed by atoms with van der Waals surface area (Å²) in [6.07, 6.45) is 0.607. The van der Waals surface area contributed by atoms with E-state index in [9.17, 15) is 4.79 Å². The van der Waals surface area contributed by atoms with Gasteiger partial charge in [0.05, 0.1) is 6.61 Å². The summed E-state index contributed by atoms with van der Waals surface area (Å²) in [4.78, 5) is 12.0. The van der Waals surface area contributed by atoms with Gasteiger partial charge in [-0.2, -0.15) is 0 Å². The van der Waals surface area contributed by atoms with Crippen molar-refractivity contribution >= 4 is 16.9 Å². The number of nitrogens with one attached hydrogen (secondary N) is 1. The first kappa shape index (κ1) is 15.5. The lowest BCUT2D eigenvalue weighted by Gasteiger charge is -2.04. The Hall–Kier alpha value is -1.85. The number of ether oxygens (including phenoxy) is 1. The Morgan fingerprint density at radius 1 is 1.24 bits per heavy atom. The maximum Gasteiger partial charge on any atom is 0.287 e. The minimum atomic E-state index is -0.243. The van der Waals surface area contributed by atoms with Crippen LogP contribution in [0.3, 0.4) is 0 Å². The maximum absolute atomic E-state index is 12.0. The molecule has 0 aliphatic rings. The Labute approximate surface area is 123 Å². The number of carbonyl (C=O) groups excluding carboxylic acids is 1. The van der Waals surface area contributed by atoms with Crippen LogP contribution in [0, 0.1) is 13.8 Å². The fraction of sp³-hybridized carbons (Fsp3) is 0.438. The number of aliphatic hydroxyl groups excluding tert-OH is 1. The number of benzene rings is 1. The predicted octanol–water partition coefficient (Wildman–Crippen LogP) is 2.18. The average molecular weight is 291 g/mol. The Balaban J connectivity index is 1.91. The number of fused-ring (bicyclic) bond motifs is 1. The topological polar surface area (TPSA) is 71.7 Å². The molecule has 0 bridgehead atoms. The Kier molecular flexibility index (Phi) is 5.36. The van der Waals surface area contributed by atoms with E-state index in [0.717, 1.165) is 16.5 Å². The first-order valence-corrected chi connectivity index (χ1v) is 7.09. The summed E-state index contributed by atoms with van der Waals surface area (Å²) in [6.45, 7) is 5.50. The van der Waals surface area contributed by atoms with Gasteiger partial charge in [-0.05, 0) is 49.6 Å². The zero-order chi connectivity index (χ0) is 15.2. The highest BCUT2D eigenvalue weighted by molar-refractivity contribution is 5.96. The van der Waals surface area contributed by atoms with Gasteiger partial charge in [-0.15, -0.1) is 0 Å². The van der Waals surface area contributed by atoms with Gasteiger partial charge in [0.15, 0.2) is 5.76 Å². The standard InChI is InChI=1S/C16H21NO4/c1-11-8-13-10-15(21-14(13)9-12(11)2)16(19)17-4-7-20-6-3-5-18/h8-10,18H,3-7H2,1-2H3,(H,17,19). The van der Waals surface area contributed by atoms with Crippen LogP contribution in [-0.2, 0) is 4.74 Å². The molecule has 1 aromatic heterocycles. The summed E-state index contributed by atoms with van der Waals surface area (Å²) in [6, 6.07) is 5.71. The number of furan rings is 1. The van der Waals surface area contributed by atoms with Gasteiger partial charge in [-0.25, -0.2) is 0 Å². The molecule has 1 heterocycles. The van der Waals surface area contributed by atoms with E-state index in [0.29, 0.717) is 31.9 Å². The van der Waals surface area contributed by atoms with Crippen LogP contribution in [-0.4, -0.2) is 37.4 Å². The van der Waals surface area contributed by atoms with Crippen molar-refractivity contribution in [3.63, 3.8) is 0 Å². The molecule has 0 saturated carbocycles. The third-order valence-corrected chi connectivity index (χ3v) is 3.34. The van der Waals surface area contributed by atoms with Gasteiger partial charge in [-0.1, -0.05) is 0 Å². The van der Waals surface area contributed by atoms with Gasteiger partial charge in [-0.3, -0.25) is 4.79 Å². The monoisotopic (exact) mass is 291 g/mol. The summed E-state index contributed by atoms with van der Waals surface area (Å²) in [5.74, 6) is 0.0672. The van der Waals surface area contributed by atoms with Crippen LogP contribution < -0.4 is 5.32 Å². The quantitative estimate of drug-likeness (QED) is 0.767. The number of aryl methyl sites for hydroxylation is 2. The van der Waals surface area contributed by atoms with Crippen LogP contribution in [0.15, 0.2) is 22.6 Å². The molecule has 0 saturated heterocycles. The fourth-order valence-corrected chi connectivity index (χ4v) is 2.01. The van der Waals surface area contributed by atoms with Crippen molar-refractivity contribution in [1.82, 2.24) is 5.32 Å². The molecule has 0 unspecified atom stereocenters. The Morgan fingerprint density at radius 3 is 2.76 bits per heavy atom. The van der Waals surface area contributed by atoms with Gasteiger partial charge >= 0.3 is 0 Å². The van der Waals surface area contributed by atoms with Crippen molar-refractivity contribution < 1.29 is 19.1 Å². The van der Waals surface area contributed by atoms with E-state index in [2.05, 4.69) is 5.32 Å². The second-order valence-electron chi connectivity index (χ2n) is 5.03. The zero-order valence-corrected chi connectivity index (χ0v) is 12.4. The largest absolute Gasteiger partial charge is 0.451 e. The third-order valence-electron chi connectivity index (χ3n) is 3.34. The second kappa shape index (κ2) is 7.24. The molecule has 114 valence electrons. The van der Waals surface area contributed by atoms with Crippen molar-refractivity contribution in [3.8, 4) is 0 Å². The molecule has 0 aliphatic carbocycles. The van der Waals surface area contributed by atoms with Crippen LogP contribution in [0.5, 0.6) is 0 Å². The van der Waals surface area contributed by atoms with Crippen molar-refractivity contribution in [2.45, 2.75) is 20.3 Å². The van der Waals surface area contributed by atoms with Gasteiger partial charge in [0.1, 0.15) is 5.58 Å². The predicted molar refractivity (Wildman–Crippen MR) is 80.5 cm³/mol. The van der Waals surface area contributed by atoms with Gasteiger partial charge in [0, 0.05) is 25.1 Å². The maximum atomic E-state index is 12.0. The molecule has 0 radical (unpaired) electrons. The van der Waals surface area contributed by atoms with Gasteiger partial charge < -0.3 is 19.6 Å². The van der Waals surface area contributed by atoms with Crippen LogP contribution in [0.1, 0.15) is 28.1 Å². The lowest BCUT2D eigenvalue weighted by Crippen LogP contribution is -2.27. The summed E-state index contributed by atoms with van der Waals surface area (Å²) < 4.78 is 10.8. The summed E-state index contributed by atoms with van der Waals surface area (Å²) in [7, 11) is 0. The molecule has 2 rings (SSSR count). The molecule has 1 aromatic carbocycles. The first-order valence-electron chi connectivity index (χ1n) is 7.09. The molecule has 2 N–H and O–H groups in total. The van der Waals surface area contributed by atoms with Crippen LogP contribution in [0.25, 0.3) is 11.0 Å². The number of hydrogen-bond acceptors (Lipinski definition) is 4. The highest BCUT2D eigenvalue weighted by Gasteiger charge is 2.12. The number of amides is 1. The van der Waals surface area contributed by atoms with E-state index in [1.54, 1.807) is 6.07 Å². The molecule has 21 heavy (non-hydrogen) atoms.